The predicted octanol–water partition coefficient (Wildman–Crippen LogP) is 5.70. The number of benzene rings is 2. The number of hydrogen-bond donors (Lipinski definition) is 3. The van der Waals surface area contributed by atoms with E-state index in [1.807, 2.05) is 0 Å². The Bertz CT molecular complexity index is 1950. The van der Waals surface area contributed by atoms with Crippen molar-refractivity contribution < 1.29 is 36.7 Å². The number of aromatic nitrogens is 1. The van der Waals surface area contributed by atoms with Crippen LogP contribution in [0.25, 0.3) is 0 Å². The lowest BCUT2D eigenvalue weighted by atomic mass is 9.95. The fourth-order valence-corrected chi connectivity index (χ4v) is 8.12. The molecule has 4 fully saturated rings. The van der Waals surface area contributed by atoms with Gasteiger partial charge in [-0.05, 0) is 93.5 Å². The predicted molar refractivity (Wildman–Crippen MR) is 201 cm³/mol. The van der Waals surface area contributed by atoms with Gasteiger partial charge in [-0.2, -0.15) is 18.4 Å². The zero-order valence-electron chi connectivity index (χ0n) is 30.8. The zero-order valence-corrected chi connectivity index (χ0v) is 30.8. The molecule has 1 unspecified atom stereocenters. The summed E-state index contributed by atoms with van der Waals surface area (Å²) in [6.07, 6.45) is 2.08. The number of ether oxygens (including phenoxy) is 1. The largest absolute Gasteiger partial charge is 0.489 e. The Morgan fingerprint density at radius 3 is 2.27 bits per heavy atom. The van der Waals surface area contributed by atoms with E-state index in [-0.39, 0.29) is 36.1 Å². The SMILES string of the molecule is N#Cc1ccc(N2CCC(C(=O)Nc3ccc(OC4CCN(C5CCN(c6ccc(NC7CCC(=O)NC7=O)cc6F)CC5)CC4)cn3)CC2)cc1C(F)(F)F. The molecule has 5 heterocycles. The number of nitriles is 1. The zero-order chi connectivity index (χ0) is 39.4. The van der Waals surface area contributed by atoms with Crippen LogP contribution in [0, 0.1) is 23.1 Å². The molecule has 56 heavy (non-hydrogen) atoms. The molecular formula is C40H44F4N8O4. The van der Waals surface area contributed by atoms with E-state index in [4.69, 9.17) is 10.00 Å². The third kappa shape index (κ3) is 9.15. The Morgan fingerprint density at radius 2 is 1.62 bits per heavy atom. The summed E-state index contributed by atoms with van der Waals surface area (Å²) in [6.45, 7) is 4.05. The maximum absolute atomic E-state index is 15.2. The average molecular weight is 777 g/mol. The first kappa shape index (κ1) is 38.8. The molecule has 1 aromatic heterocycles. The molecule has 4 saturated heterocycles. The molecule has 2 aromatic carbocycles. The third-order valence-corrected chi connectivity index (χ3v) is 11.3. The van der Waals surface area contributed by atoms with Gasteiger partial charge in [0.15, 0.2) is 0 Å². The smallest absolute Gasteiger partial charge is 0.417 e. The minimum Gasteiger partial charge on any atom is -0.489 e. The van der Waals surface area contributed by atoms with Crippen LogP contribution in [0.2, 0.25) is 0 Å². The van der Waals surface area contributed by atoms with Gasteiger partial charge >= 0.3 is 6.18 Å². The van der Waals surface area contributed by atoms with Crippen molar-refractivity contribution in [3.05, 3.63) is 71.7 Å². The minimum absolute atomic E-state index is 0.0310. The summed E-state index contributed by atoms with van der Waals surface area (Å²) < 4.78 is 61.7. The monoisotopic (exact) mass is 776 g/mol. The van der Waals surface area contributed by atoms with Gasteiger partial charge < -0.3 is 25.2 Å². The number of imide groups is 1. The lowest BCUT2D eigenvalue weighted by molar-refractivity contribution is -0.138. The number of carbonyl (C=O) groups excluding carboxylic acids is 3. The molecule has 0 bridgehead atoms. The maximum atomic E-state index is 15.2. The van der Waals surface area contributed by atoms with Crippen LogP contribution in [-0.2, 0) is 20.6 Å². The van der Waals surface area contributed by atoms with Gasteiger partial charge in [-0.1, -0.05) is 0 Å². The van der Waals surface area contributed by atoms with Crippen LogP contribution in [0.4, 0.5) is 40.4 Å². The van der Waals surface area contributed by atoms with E-state index in [0.29, 0.717) is 67.0 Å². The number of alkyl halides is 3. The van der Waals surface area contributed by atoms with Crippen molar-refractivity contribution in [2.75, 3.05) is 59.7 Å². The first-order valence-corrected chi connectivity index (χ1v) is 19.1. The molecule has 4 aliphatic heterocycles. The number of rotatable bonds is 9. The molecule has 0 radical (unpaired) electrons. The van der Waals surface area contributed by atoms with Gasteiger partial charge in [-0.3, -0.25) is 24.6 Å². The lowest BCUT2D eigenvalue weighted by Gasteiger charge is -2.42. The number of likely N-dealkylation sites (tertiary alicyclic amines) is 1. The van der Waals surface area contributed by atoms with Gasteiger partial charge in [0.2, 0.25) is 17.7 Å². The van der Waals surface area contributed by atoms with Gasteiger partial charge in [0, 0.05) is 69.0 Å². The number of piperidine rings is 4. The van der Waals surface area contributed by atoms with Crippen LogP contribution >= 0.6 is 0 Å². The fourth-order valence-electron chi connectivity index (χ4n) is 8.12. The summed E-state index contributed by atoms with van der Waals surface area (Å²) in [7, 11) is 0. The molecule has 0 spiro atoms. The van der Waals surface area contributed by atoms with Gasteiger partial charge in [0.25, 0.3) is 0 Å². The Hall–Kier alpha value is -5.43. The number of anilines is 4. The number of nitrogens with one attached hydrogen (secondary N) is 3. The summed E-state index contributed by atoms with van der Waals surface area (Å²) in [6, 6.07) is 13.5. The third-order valence-electron chi connectivity index (χ3n) is 11.3. The van der Waals surface area contributed by atoms with Crippen molar-refractivity contribution in [3.8, 4) is 11.8 Å². The maximum Gasteiger partial charge on any atom is 0.417 e. The van der Waals surface area contributed by atoms with Gasteiger partial charge in [-0.15, -0.1) is 0 Å². The quantitative estimate of drug-likeness (QED) is 0.183. The first-order chi connectivity index (χ1) is 26.9. The molecule has 3 N–H and O–H groups in total. The molecule has 7 rings (SSSR count). The Labute approximate surface area is 322 Å². The normalized spacial score (nSPS) is 20.7. The number of hydrogen-bond acceptors (Lipinski definition) is 10. The Morgan fingerprint density at radius 1 is 0.893 bits per heavy atom. The van der Waals surface area contributed by atoms with Crippen LogP contribution < -0.4 is 30.5 Å². The van der Waals surface area contributed by atoms with Crippen LogP contribution in [0.5, 0.6) is 5.75 Å². The molecule has 12 nitrogen and oxygen atoms in total. The van der Waals surface area contributed by atoms with Crippen molar-refractivity contribution >= 4 is 40.6 Å². The van der Waals surface area contributed by atoms with E-state index in [2.05, 4.69) is 30.7 Å². The highest BCUT2D eigenvalue weighted by Gasteiger charge is 2.35. The topological polar surface area (TPSA) is 143 Å². The number of halogens is 4. The fraction of sp³-hybridized carbons (Fsp3) is 0.475. The molecule has 0 aliphatic carbocycles. The van der Waals surface area contributed by atoms with Crippen molar-refractivity contribution in [2.24, 2.45) is 5.92 Å². The minimum atomic E-state index is -4.63. The lowest BCUT2D eigenvalue weighted by Crippen LogP contribution is -2.49. The molecule has 3 aromatic rings. The van der Waals surface area contributed by atoms with E-state index in [1.54, 1.807) is 41.4 Å². The Kier molecular flexibility index (Phi) is 11.6. The summed E-state index contributed by atoms with van der Waals surface area (Å²) in [4.78, 5) is 47.2. The van der Waals surface area contributed by atoms with E-state index in [9.17, 15) is 27.6 Å². The number of carbonyl (C=O) groups is 3. The molecule has 296 valence electrons. The number of nitrogens with zero attached hydrogens (tertiary/aromatic N) is 5. The standard InChI is InChI=1S/C40H44F4N8O4/c41-33-21-27(47-34-5-8-37(53)49-39(34)55)2-6-35(33)52-17-11-28(12-18-52)50-19-13-30(14-20-50)56-31-4-7-36(46-24-31)48-38(54)25-9-15-51(16-10-25)29-3-1-26(23-45)32(22-29)40(42,43)44/h1-4,6-7,21-22,24-25,28,30,34,47H,5,8-20H2,(H,46,48,54)(H,49,53,55). The molecular weight excluding hydrogens is 732 g/mol. The van der Waals surface area contributed by atoms with E-state index < -0.39 is 29.3 Å². The van der Waals surface area contributed by atoms with Gasteiger partial charge in [-0.25, -0.2) is 9.37 Å². The molecule has 1 atom stereocenters. The van der Waals surface area contributed by atoms with E-state index >= 15 is 4.39 Å². The average Bonchev–Trinajstić information content (AvgIpc) is 3.20. The summed E-state index contributed by atoms with van der Waals surface area (Å²) in [5.74, 6) is -0.536. The van der Waals surface area contributed by atoms with Crippen molar-refractivity contribution in [2.45, 2.75) is 75.7 Å². The van der Waals surface area contributed by atoms with Crippen LogP contribution in [0.15, 0.2) is 54.7 Å². The van der Waals surface area contributed by atoms with Crippen molar-refractivity contribution in [1.29, 1.82) is 5.26 Å². The first-order valence-electron chi connectivity index (χ1n) is 19.1. The second-order valence-electron chi connectivity index (χ2n) is 14.9. The highest BCUT2D eigenvalue weighted by Crippen LogP contribution is 2.36. The second-order valence-corrected chi connectivity index (χ2v) is 14.9. The number of amides is 3. The Balaban J connectivity index is 0.815. The summed E-state index contributed by atoms with van der Waals surface area (Å²) in [5.41, 5.74) is 0.0422. The van der Waals surface area contributed by atoms with Gasteiger partial charge in [0.05, 0.1) is 29.1 Å². The van der Waals surface area contributed by atoms with Gasteiger partial charge in [0.1, 0.15) is 29.5 Å². The second kappa shape index (κ2) is 16.7. The van der Waals surface area contributed by atoms with Crippen LogP contribution in [0.3, 0.4) is 0 Å². The van der Waals surface area contributed by atoms with Crippen LogP contribution in [-0.4, -0.2) is 85.1 Å². The van der Waals surface area contributed by atoms with Crippen molar-refractivity contribution in [1.82, 2.24) is 15.2 Å². The van der Waals surface area contributed by atoms with Crippen LogP contribution in [0.1, 0.15) is 62.5 Å². The van der Waals surface area contributed by atoms with Crippen molar-refractivity contribution in [3.63, 3.8) is 0 Å². The highest BCUT2D eigenvalue weighted by molar-refractivity contribution is 6.01. The number of pyridine rings is 1. The summed E-state index contributed by atoms with van der Waals surface area (Å²) in [5, 5.41) is 17.3. The molecule has 4 aliphatic rings. The van der Waals surface area contributed by atoms with E-state index in [0.717, 1.165) is 57.9 Å². The highest BCUT2D eigenvalue weighted by atomic mass is 19.4. The molecule has 0 saturated carbocycles. The molecule has 3 amide bonds. The molecule has 16 heteroatoms. The summed E-state index contributed by atoms with van der Waals surface area (Å²) >= 11 is 0. The van der Waals surface area contributed by atoms with E-state index in [1.165, 1.54) is 18.2 Å².